The van der Waals surface area contributed by atoms with Crippen LogP contribution < -0.4 is 10.1 Å². The second-order valence-electron chi connectivity index (χ2n) is 10.6. The number of rotatable bonds is 9. The fourth-order valence-electron chi connectivity index (χ4n) is 4.60. The van der Waals surface area contributed by atoms with Crippen LogP contribution in [0.15, 0.2) is 42.5 Å². The number of hydrogen-bond acceptors (Lipinski definition) is 3. The van der Waals surface area contributed by atoms with Crippen LogP contribution in [0.5, 0.6) is 5.75 Å². The topological polar surface area (TPSA) is 58.6 Å². The molecule has 2 aromatic rings. The molecular formula is C29H38Cl2N2O3. The van der Waals surface area contributed by atoms with Gasteiger partial charge in [0.25, 0.3) is 5.91 Å². The molecule has 0 radical (unpaired) electrons. The van der Waals surface area contributed by atoms with Crippen molar-refractivity contribution in [2.75, 3.05) is 6.61 Å². The molecule has 196 valence electrons. The maximum Gasteiger partial charge on any atom is 0.261 e. The molecule has 0 bridgehead atoms. The van der Waals surface area contributed by atoms with E-state index in [4.69, 9.17) is 27.9 Å². The van der Waals surface area contributed by atoms with Gasteiger partial charge in [0.15, 0.2) is 6.61 Å². The zero-order valence-electron chi connectivity index (χ0n) is 21.8. The fourth-order valence-corrected chi connectivity index (χ4v) is 5.11. The number of halogens is 2. The number of carbonyl (C=O) groups excluding carboxylic acids is 2. The Bertz CT molecular complexity index is 1010. The van der Waals surface area contributed by atoms with E-state index in [1.807, 2.05) is 31.2 Å². The zero-order valence-corrected chi connectivity index (χ0v) is 23.3. The summed E-state index contributed by atoms with van der Waals surface area (Å²) in [4.78, 5) is 28.4. The minimum atomic E-state index is -0.654. The Hall–Kier alpha value is -2.24. The molecule has 1 saturated carbocycles. The summed E-state index contributed by atoms with van der Waals surface area (Å²) < 4.78 is 5.85. The molecule has 0 saturated heterocycles. The van der Waals surface area contributed by atoms with Crippen molar-refractivity contribution >= 4 is 35.0 Å². The molecule has 1 N–H and O–H groups in total. The Labute approximate surface area is 225 Å². The molecule has 7 heteroatoms. The lowest BCUT2D eigenvalue weighted by Crippen LogP contribution is -2.52. The van der Waals surface area contributed by atoms with E-state index >= 15 is 0 Å². The second kappa shape index (κ2) is 12.8. The van der Waals surface area contributed by atoms with Crippen molar-refractivity contribution in [1.82, 2.24) is 10.2 Å². The molecule has 36 heavy (non-hydrogen) atoms. The number of nitrogens with one attached hydrogen (secondary N) is 1. The number of carbonyl (C=O) groups is 2. The molecule has 1 aliphatic carbocycles. The zero-order chi connectivity index (χ0) is 26.3. The normalized spacial score (nSPS) is 15.3. The van der Waals surface area contributed by atoms with Crippen molar-refractivity contribution in [3.63, 3.8) is 0 Å². The van der Waals surface area contributed by atoms with Gasteiger partial charge in [0.05, 0.1) is 0 Å². The van der Waals surface area contributed by atoms with Crippen molar-refractivity contribution in [3.8, 4) is 5.75 Å². The predicted molar refractivity (Wildman–Crippen MR) is 147 cm³/mol. The van der Waals surface area contributed by atoms with Gasteiger partial charge in [0, 0.05) is 28.2 Å². The van der Waals surface area contributed by atoms with Crippen LogP contribution in [0, 0.1) is 0 Å². The van der Waals surface area contributed by atoms with E-state index in [9.17, 15) is 9.59 Å². The van der Waals surface area contributed by atoms with Crippen molar-refractivity contribution < 1.29 is 14.3 Å². The summed E-state index contributed by atoms with van der Waals surface area (Å²) >= 11 is 12.9. The molecule has 2 aromatic carbocycles. The van der Waals surface area contributed by atoms with Crippen LogP contribution in [0.2, 0.25) is 10.0 Å². The monoisotopic (exact) mass is 532 g/mol. The van der Waals surface area contributed by atoms with Crippen LogP contribution in [0.4, 0.5) is 0 Å². The molecule has 1 fully saturated rings. The van der Waals surface area contributed by atoms with Crippen LogP contribution in [0.25, 0.3) is 0 Å². The highest BCUT2D eigenvalue weighted by molar-refractivity contribution is 6.36. The molecule has 2 amide bonds. The third-order valence-corrected chi connectivity index (χ3v) is 7.52. The van der Waals surface area contributed by atoms with E-state index in [1.165, 1.54) is 12.0 Å². The maximum absolute atomic E-state index is 13.5. The molecule has 1 unspecified atom stereocenters. The number of amides is 2. The van der Waals surface area contributed by atoms with Gasteiger partial charge < -0.3 is 15.0 Å². The highest BCUT2D eigenvalue weighted by Gasteiger charge is 2.31. The molecule has 0 aliphatic heterocycles. The molecule has 5 nitrogen and oxygen atoms in total. The summed E-state index contributed by atoms with van der Waals surface area (Å²) in [6, 6.07) is 12.5. The summed E-state index contributed by atoms with van der Waals surface area (Å²) in [7, 11) is 0. The average molecular weight is 534 g/mol. The van der Waals surface area contributed by atoms with E-state index in [-0.39, 0.29) is 36.4 Å². The molecule has 3 rings (SSSR count). The lowest BCUT2D eigenvalue weighted by Gasteiger charge is -2.33. The number of hydrogen-bond donors (Lipinski definition) is 1. The molecule has 0 heterocycles. The minimum absolute atomic E-state index is 0.0272. The van der Waals surface area contributed by atoms with E-state index in [0.717, 1.165) is 25.7 Å². The summed E-state index contributed by atoms with van der Waals surface area (Å²) in [5, 5.41) is 4.09. The minimum Gasteiger partial charge on any atom is -0.484 e. The van der Waals surface area contributed by atoms with Gasteiger partial charge >= 0.3 is 0 Å². The van der Waals surface area contributed by atoms with Gasteiger partial charge in [0.1, 0.15) is 11.8 Å². The van der Waals surface area contributed by atoms with Gasteiger partial charge in [-0.15, -0.1) is 0 Å². The van der Waals surface area contributed by atoms with Crippen molar-refractivity contribution in [3.05, 3.63) is 63.6 Å². The quantitative estimate of drug-likeness (QED) is 0.381. The van der Waals surface area contributed by atoms with Gasteiger partial charge in [-0.1, -0.05) is 88.4 Å². The molecule has 1 atom stereocenters. The largest absolute Gasteiger partial charge is 0.484 e. The first-order valence-corrected chi connectivity index (χ1v) is 13.6. The Morgan fingerprint density at radius 1 is 1.03 bits per heavy atom. The number of ether oxygens (including phenoxy) is 1. The first-order valence-electron chi connectivity index (χ1n) is 12.9. The summed E-state index contributed by atoms with van der Waals surface area (Å²) in [5.41, 5.74) is 1.83. The number of nitrogens with zero attached hydrogens (tertiary/aromatic N) is 1. The van der Waals surface area contributed by atoms with Crippen LogP contribution in [-0.4, -0.2) is 35.4 Å². The average Bonchev–Trinajstić information content (AvgIpc) is 2.84. The number of benzene rings is 2. The highest BCUT2D eigenvalue weighted by Crippen LogP contribution is 2.28. The first kappa shape index (κ1) is 28.3. The van der Waals surface area contributed by atoms with E-state index in [1.54, 1.807) is 23.1 Å². The van der Waals surface area contributed by atoms with Gasteiger partial charge in [-0.05, 0) is 54.5 Å². The van der Waals surface area contributed by atoms with Crippen molar-refractivity contribution in [2.24, 2.45) is 0 Å². The third-order valence-electron chi connectivity index (χ3n) is 6.81. The van der Waals surface area contributed by atoms with Crippen LogP contribution >= 0.6 is 23.2 Å². The standard InChI is InChI=1S/C29H38Cl2N2O3/c1-5-26(28(35)32-21-10-7-6-8-11-21)33(18-23-24(30)12-9-13-25(23)31)27(34)19-36-22-16-14-20(15-17-22)29(2,3)4/h9,12-17,21,26H,5-8,10-11,18-19H2,1-4H3,(H,32,35). The third kappa shape index (κ3) is 7.63. The fraction of sp³-hybridized carbons (Fsp3) is 0.517. The van der Waals surface area contributed by atoms with Gasteiger partial charge in [0.2, 0.25) is 5.91 Å². The van der Waals surface area contributed by atoms with Gasteiger partial charge in [-0.3, -0.25) is 9.59 Å². The molecule has 0 aromatic heterocycles. The van der Waals surface area contributed by atoms with Gasteiger partial charge in [-0.2, -0.15) is 0 Å². The predicted octanol–water partition coefficient (Wildman–Crippen LogP) is 6.93. The summed E-state index contributed by atoms with van der Waals surface area (Å²) in [6.07, 6.45) is 5.84. The van der Waals surface area contributed by atoms with E-state index < -0.39 is 6.04 Å². The van der Waals surface area contributed by atoms with Crippen LogP contribution in [0.1, 0.15) is 77.3 Å². The molecule has 0 spiro atoms. The van der Waals surface area contributed by atoms with Crippen LogP contribution in [0.3, 0.4) is 0 Å². The smallest absolute Gasteiger partial charge is 0.261 e. The second-order valence-corrected chi connectivity index (χ2v) is 11.4. The summed E-state index contributed by atoms with van der Waals surface area (Å²) in [6.45, 7) is 8.28. The highest BCUT2D eigenvalue weighted by atomic mass is 35.5. The van der Waals surface area contributed by atoms with E-state index in [0.29, 0.717) is 27.8 Å². The lowest BCUT2D eigenvalue weighted by molar-refractivity contribution is -0.143. The summed E-state index contributed by atoms with van der Waals surface area (Å²) in [5.74, 6) is 0.166. The van der Waals surface area contributed by atoms with Crippen molar-refractivity contribution in [2.45, 2.75) is 90.3 Å². The maximum atomic E-state index is 13.5. The Balaban J connectivity index is 1.79. The van der Waals surface area contributed by atoms with Crippen molar-refractivity contribution in [1.29, 1.82) is 0 Å². The SMILES string of the molecule is CCC(C(=O)NC1CCCCC1)N(Cc1c(Cl)cccc1Cl)C(=O)COc1ccc(C(C)(C)C)cc1. The van der Waals surface area contributed by atoms with Gasteiger partial charge in [-0.25, -0.2) is 0 Å². The molecular weight excluding hydrogens is 495 g/mol. The first-order chi connectivity index (χ1) is 17.1. The molecule has 1 aliphatic rings. The lowest BCUT2D eigenvalue weighted by atomic mass is 9.87. The Morgan fingerprint density at radius 2 is 1.64 bits per heavy atom. The van der Waals surface area contributed by atoms with Crippen LogP contribution in [-0.2, 0) is 21.5 Å². The Kier molecular flexibility index (Phi) is 10.1. The Morgan fingerprint density at radius 3 is 2.19 bits per heavy atom. The van der Waals surface area contributed by atoms with E-state index in [2.05, 4.69) is 26.1 Å².